The lowest BCUT2D eigenvalue weighted by Gasteiger charge is -2.25. The van der Waals surface area contributed by atoms with Crippen LogP contribution in [0.5, 0.6) is 0 Å². The normalized spacial score (nSPS) is 12.4. The summed E-state index contributed by atoms with van der Waals surface area (Å²) >= 11 is 0. The van der Waals surface area contributed by atoms with Crippen LogP contribution in [0.25, 0.3) is 271 Å². The average Bonchev–Trinajstić information content (AvgIpc) is 1.54. The van der Waals surface area contributed by atoms with E-state index in [0.29, 0.717) is 16.4 Å². The van der Waals surface area contributed by atoms with Gasteiger partial charge in [-0.25, -0.2) is 19.9 Å². The van der Waals surface area contributed by atoms with Crippen molar-refractivity contribution in [3.8, 4) is 119 Å². The van der Waals surface area contributed by atoms with Gasteiger partial charge in [-0.1, -0.05) is 303 Å². The highest BCUT2D eigenvalue weighted by Gasteiger charge is 2.38. The molecule has 148 heavy (non-hydrogen) atoms. The second kappa shape index (κ2) is 33.2. The summed E-state index contributed by atoms with van der Waals surface area (Å²) in [6.45, 7) is 0. The van der Waals surface area contributed by atoms with E-state index in [0.717, 1.165) is 139 Å². The first-order chi connectivity index (χ1) is 73.2. The Morgan fingerprint density at radius 2 is 0.392 bits per heavy atom. The Morgan fingerprint density at radius 3 is 0.764 bits per heavy atom. The van der Waals surface area contributed by atoms with Gasteiger partial charge in [-0.05, 0) is 210 Å². The molecule has 0 saturated heterocycles. The predicted octanol–water partition coefficient (Wildman–Crippen LogP) is 34.5. The molecule has 0 fully saturated rings. The molecule has 1 aliphatic heterocycles. The highest BCUT2D eigenvalue weighted by molar-refractivity contribution is 6.19. The van der Waals surface area contributed by atoms with Gasteiger partial charge in [0, 0.05) is 149 Å². The predicted molar refractivity (Wildman–Crippen MR) is 616 cm³/mol. The minimum atomic E-state index is 0.616. The quantitative estimate of drug-likeness (QED) is 0.108. The van der Waals surface area contributed by atoms with Crippen molar-refractivity contribution in [3.63, 3.8) is 0 Å². The summed E-state index contributed by atoms with van der Waals surface area (Å²) in [7, 11) is 4.59. The van der Waals surface area contributed by atoms with E-state index < -0.39 is 0 Å². The van der Waals surface area contributed by atoms with Crippen LogP contribution in [0.1, 0.15) is 0 Å². The van der Waals surface area contributed by atoms with E-state index >= 15 is 0 Å². The molecule has 12 heteroatoms. The van der Waals surface area contributed by atoms with Gasteiger partial charge < -0.3 is 22.8 Å². The van der Waals surface area contributed by atoms with E-state index in [1.165, 1.54) is 132 Å². The topological polar surface area (TPSA) is 86.1 Å². The molecule has 0 N–H and O–H groups in total. The summed E-state index contributed by atoms with van der Waals surface area (Å²) < 4.78 is 17.1. The molecule has 30 aromatic rings. The van der Waals surface area contributed by atoms with Crippen LogP contribution in [0.15, 0.2) is 504 Å². The van der Waals surface area contributed by atoms with Crippen molar-refractivity contribution in [2.75, 3.05) is 14.1 Å². The van der Waals surface area contributed by atoms with Crippen molar-refractivity contribution < 1.29 is 0 Å². The number of rotatable bonds is 13. The fourth-order valence-corrected chi connectivity index (χ4v) is 24.1. The molecular formula is C136H89N12+. The Labute approximate surface area is 850 Å². The summed E-state index contributed by atoms with van der Waals surface area (Å²) in [5.41, 5.74) is 38.9. The Kier molecular flexibility index (Phi) is 18.9. The summed E-state index contributed by atoms with van der Waals surface area (Å²) in [6.07, 6.45) is 0. The Balaban J connectivity index is 0.000000137. The van der Waals surface area contributed by atoms with E-state index in [4.69, 9.17) is 19.9 Å². The molecule has 692 valence electrons. The van der Waals surface area contributed by atoms with Gasteiger partial charge in [0.15, 0.2) is 0 Å². The number of hydrogen-bond donors (Lipinski definition) is 0. The molecule has 31 rings (SSSR count). The number of hydrogen-bond acceptors (Lipinski definition) is 4. The first-order valence-corrected chi connectivity index (χ1v) is 50.6. The molecule has 10 heterocycles. The molecule has 0 saturated carbocycles. The molecule has 0 amide bonds. The average molecular weight is 1890 g/mol. The van der Waals surface area contributed by atoms with E-state index in [1.807, 2.05) is 0 Å². The molecule has 0 unspecified atom stereocenters. The molecule has 21 aromatic carbocycles. The zero-order valence-electron chi connectivity index (χ0n) is 80.8. The molecule has 0 radical (unpaired) electrons. The van der Waals surface area contributed by atoms with E-state index in [9.17, 15) is 0 Å². The number of aromatic nitrogens is 11. The second-order valence-corrected chi connectivity index (χ2v) is 39.4. The smallest absolute Gasteiger partial charge is 0.235 e. The van der Waals surface area contributed by atoms with Gasteiger partial charge in [0.05, 0.1) is 114 Å². The maximum atomic E-state index is 5.52. The lowest BCUT2D eigenvalue weighted by molar-refractivity contribution is 0.569. The summed E-state index contributed by atoms with van der Waals surface area (Å²) in [6, 6.07) is 182. The highest BCUT2D eigenvalue weighted by Crippen LogP contribution is 2.54. The van der Waals surface area contributed by atoms with Gasteiger partial charge in [-0.2, -0.15) is 0 Å². The molecule has 12 nitrogen and oxygen atoms in total. The molecule has 0 atom stereocenters. The molecular weight excluding hydrogens is 1800 g/mol. The zero-order chi connectivity index (χ0) is 97.5. The fraction of sp³-hybridized carbons (Fsp3) is 0.0147. The van der Waals surface area contributed by atoms with Crippen LogP contribution < -0.4 is 4.48 Å². The van der Waals surface area contributed by atoms with Crippen molar-refractivity contribution in [2.45, 2.75) is 0 Å². The Morgan fingerprint density at radius 1 is 0.142 bits per heavy atom. The first-order valence-electron chi connectivity index (χ1n) is 50.6. The van der Waals surface area contributed by atoms with Crippen LogP contribution in [-0.4, -0.2) is 66.0 Å². The molecule has 0 spiro atoms. The number of nitrogens with zero attached hydrogens (tertiary/aromatic N) is 12. The standard InChI is InChI=1S/C70H44N6.C66H45N6/c1-3-18-45(19-4-1)60-44-61(48-20-17-23-50(40-48)74-65-32-15-10-28-56(65)59-43-51(36-39-68(59)74)75-62-29-12-7-24-52(62)53-25-8-13-30-63(53)75)72-70(71-60)76-66-33-16-11-27-55(66)58-42-47(35-38-69(58)76)46-34-37-67-57(41-46)54-26-9-14-31-64(54)73(67)49-21-5-2-6-22-49;1-72(2)64-31-16-12-27-51(64)55-39-54-50-26-10-14-29-59(50)70(63(54)41-65(55)72)47-23-17-20-45(36-47)57-40-56(42-18-5-3-6-19-42)67-66(68-57)71-60-30-15-11-25-49(60)53-38-44(33-35-62(53)71)43-32-34-61-52(37-43)48-24-9-13-28-58(48)69(61)46-21-7-4-8-22-46/h1-44H;3-41H,1-2H3/q;+1. The number of benzene rings is 21. The SMILES string of the molecule is C[N+]1(C)c2ccccc2-c2cc3c4ccccc4n(-c4cccc(-c5cc(-c6ccccc6)nc(-n6c7ccccc7c7cc(-c8ccc9c(c8)c8ccccc8n9-c8ccccc8)ccc76)n5)c4)c3cc21.c1ccc(-c2cc(-c3cccc(-n4c5ccccc5c5cc(-n6c7ccccc7c7ccccc76)ccc54)c3)nc(-n3c4ccccc4c4cc(-c5ccc6c(c5)c5ccccc5n6-c5ccccc5)ccc43)n2)cc1. The van der Waals surface area contributed by atoms with Gasteiger partial charge in [-0.3, -0.25) is 13.6 Å². The largest absolute Gasteiger partial charge is 0.309 e. The third-order valence-corrected chi connectivity index (χ3v) is 30.8. The maximum Gasteiger partial charge on any atom is 0.235 e. The van der Waals surface area contributed by atoms with Gasteiger partial charge in [0.25, 0.3) is 0 Å². The third-order valence-electron chi connectivity index (χ3n) is 30.8. The first kappa shape index (κ1) is 84.1. The minimum Gasteiger partial charge on any atom is -0.309 e. The van der Waals surface area contributed by atoms with Gasteiger partial charge in [0.2, 0.25) is 11.9 Å². The van der Waals surface area contributed by atoms with E-state index in [2.05, 4.69) is 550 Å². The van der Waals surface area contributed by atoms with Crippen LogP contribution >= 0.6 is 0 Å². The fourth-order valence-electron chi connectivity index (χ4n) is 24.1. The van der Waals surface area contributed by atoms with Gasteiger partial charge in [-0.15, -0.1) is 0 Å². The van der Waals surface area contributed by atoms with Crippen molar-refractivity contribution in [3.05, 3.63) is 504 Å². The van der Waals surface area contributed by atoms with Crippen LogP contribution in [-0.2, 0) is 0 Å². The summed E-state index contributed by atoms with van der Waals surface area (Å²) in [5, 5.41) is 16.9. The van der Waals surface area contributed by atoms with Crippen molar-refractivity contribution in [1.29, 1.82) is 0 Å². The number of quaternary nitrogens is 1. The molecule has 0 aliphatic carbocycles. The Hall–Kier alpha value is -19.7. The lowest BCUT2D eigenvalue weighted by atomic mass is 10.0. The van der Waals surface area contributed by atoms with Crippen LogP contribution in [0.4, 0.5) is 11.4 Å². The van der Waals surface area contributed by atoms with Crippen LogP contribution in [0.2, 0.25) is 0 Å². The van der Waals surface area contributed by atoms with Gasteiger partial charge in [0.1, 0.15) is 11.4 Å². The van der Waals surface area contributed by atoms with Crippen molar-refractivity contribution in [2.24, 2.45) is 0 Å². The summed E-state index contributed by atoms with van der Waals surface area (Å²) in [5.74, 6) is 1.24. The molecule has 9 aromatic heterocycles. The molecule has 1 aliphatic rings. The van der Waals surface area contributed by atoms with Crippen LogP contribution in [0.3, 0.4) is 0 Å². The van der Waals surface area contributed by atoms with Gasteiger partial charge >= 0.3 is 0 Å². The third kappa shape index (κ3) is 13.2. The van der Waals surface area contributed by atoms with Crippen molar-refractivity contribution in [1.82, 2.24) is 56.4 Å². The second-order valence-electron chi connectivity index (χ2n) is 39.4. The lowest BCUT2D eigenvalue weighted by Crippen LogP contribution is -2.31. The molecule has 0 bridgehead atoms. The maximum absolute atomic E-state index is 5.52. The monoisotopic (exact) mass is 1890 g/mol. The highest BCUT2D eigenvalue weighted by atomic mass is 15.3. The van der Waals surface area contributed by atoms with Crippen molar-refractivity contribution >= 4 is 164 Å². The van der Waals surface area contributed by atoms with E-state index in [1.54, 1.807) is 0 Å². The number of para-hydroxylation sites is 11. The van der Waals surface area contributed by atoms with Crippen LogP contribution in [0, 0.1) is 0 Å². The zero-order valence-corrected chi connectivity index (χ0v) is 80.8. The van der Waals surface area contributed by atoms with E-state index in [-0.39, 0.29) is 0 Å². The number of fused-ring (bicyclic) bond motifs is 24. The minimum absolute atomic E-state index is 0.616. The Bertz CT molecular complexity index is 10700. The summed E-state index contributed by atoms with van der Waals surface area (Å²) in [4.78, 5) is 21.8.